The summed E-state index contributed by atoms with van der Waals surface area (Å²) in [6, 6.07) is 10.1. The number of aromatic nitrogens is 2. The number of nitrogens with zero attached hydrogens (tertiary/aromatic N) is 4. The molecule has 1 aliphatic carbocycles. The van der Waals surface area contributed by atoms with Crippen LogP contribution in [0.15, 0.2) is 30.3 Å². The molecular weight excluding hydrogens is 372 g/mol. The number of benzene rings is 1. The van der Waals surface area contributed by atoms with Crippen LogP contribution >= 0.6 is 11.3 Å². The van der Waals surface area contributed by atoms with Crippen LogP contribution in [0.3, 0.4) is 0 Å². The zero-order chi connectivity index (χ0) is 19.5. The molecule has 0 N–H and O–H groups in total. The Morgan fingerprint density at radius 2 is 1.96 bits per heavy atom. The van der Waals surface area contributed by atoms with E-state index < -0.39 is 0 Å². The van der Waals surface area contributed by atoms with Gasteiger partial charge in [-0.25, -0.2) is 0 Å². The highest BCUT2D eigenvalue weighted by atomic mass is 32.1. The van der Waals surface area contributed by atoms with Gasteiger partial charge in [0.25, 0.3) is 0 Å². The minimum absolute atomic E-state index is 0.0324. The summed E-state index contributed by atoms with van der Waals surface area (Å²) in [7, 11) is 1.87. The molecule has 1 unspecified atom stereocenters. The van der Waals surface area contributed by atoms with Gasteiger partial charge < -0.3 is 4.90 Å². The minimum Gasteiger partial charge on any atom is -0.345 e. The summed E-state index contributed by atoms with van der Waals surface area (Å²) in [4.78, 5) is 28.8. The Morgan fingerprint density at radius 3 is 2.71 bits per heavy atom. The molecule has 1 aromatic carbocycles. The predicted molar refractivity (Wildman–Crippen MR) is 109 cm³/mol. The van der Waals surface area contributed by atoms with E-state index in [1.165, 1.54) is 42.6 Å². The van der Waals surface area contributed by atoms with E-state index in [4.69, 9.17) is 0 Å². The molecule has 0 spiro atoms. The van der Waals surface area contributed by atoms with Crippen molar-refractivity contribution in [3.05, 3.63) is 40.9 Å². The number of carbonyl (C=O) groups excluding carboxylic acids is 2. The van der Waals surface area contributed by atoms with E-state index in [2.05, 4.69) is 22.3 Å². The number of amides is 2. The Kier molecular flexibility index (Phi) is 5.71. The van der Waals surface area contributed by atoms with Crippen LogP contribution in [0.1, 0.15) is 42.7 Å². The fourth-order valence-corrected chi connectivity index (χ4v) is 5.13. The van der Waals surface area contributed by atoms with Crippen molar-refractivity contribution in [3.63, 3.8) is 0 Å². The van der Waals surface area contributed by atoms with Crippen LogP contribution < -0.4 is 4.90 Å². The van der Waals surface area contributed by atoms with Gasteiger partial charge in [0.15, 0.2) is 0 Å². The lowest BCUT2D eigenvalue weighted by molar-refractivity contribution is -0.135. The number of carbonyl (C=O) groups is 2. The minimum atomic E-state index is -0.277. The van der Waals surface area contributed by atoms with Gasteiger partial charge >= 0.3 is 0 Å². The maximum Gasteiger partial charge on any atom is 0.229 e. The summed E-state index contributed by atoms with van der Waals surface area (Å²) in [5.41, 5.74) is 1.17. The standard InChI is InChI=1S/C21H26N4O2S/c1-24(13-16-9-5-6-10-16)20(27)17-12-19(26)25(14-17)21-23-22-18(28-21)11-15-7-3-2-4-8-15/h2-4,7-8,16-17H,5-6,9-14H2,1H3. The third-order valence-electron chi connectivity index (χ3n) is 5.74. The first kappa shape index (κ1) is 19.1. The summed E-state index contributed by atoms with van der Waals surface area (Å²) >= 11 is 1.44. The molecular formula is C21H26N4O2S. The van der Waals surface area contributed by atoms with E-state index in [9.17, 15) is 9.59 Å². The molecule has 2 aliphatic rings. The first-order valence-corrected chi connectivity index (χ1v) is 10.8. The van der Waals surface area contributed by atoms with Crippen LogP contribution in [0.2, 0.25) is 0 Å². The Labute approximate surface area is 169 Å². The highest BCUT2D eigenvalue weighted by Crippen LogP contribution is 2.30. The van der Waals surface area contributed by atoms with E-state index in [-0.39, 0.29) is 24.2 Å². The van der Waals surface area contributed by atoms with Crippen molar-refractivity contribution in [1.29, 1.82) is 0 Å². The average Bonchev–Trinajstić information content (AvgIpc) is 3.43. The summed E-state index contributed by atoms with van der Waals surface area (Å²) in [5, 5.41) is 9.94. The first-order chi connectivity index (χ1) is 13.6. The van der Waals surface area contributed by atoms with Gasteiger partial charge in [-0.05, 0) is 24.3 Å². The van der Waals surface area contributed by atoms with Crippen molar-refractivity contribution in [2.45, 2.75) is 38.5 Å². The lowest BCUT2D eigenvalue weighted by Gasteiger charge is -2.23. The SMILES string of the molecule is CN(CC1CCCC1)C(=O)C1CC(=O)N(c2nnc(Cc3ccccc3)s2)C1. The molecule has 6 nitrogen and oxygen atoms in total. The van der Waals surface area contributed by atoms with Crippen LogP contribution in [0.5, 0.6) is 0 Å². The Hall–Kier alpha value is -2.28. The Balaban J connectivity index is 1.37. The smallest absolute Gasteiger partial charge is 0.229 e. The molecule has 4 rings (SSSR count). The molecule has 0 radical (unpaired) electrons. The van der Waals surface area contributed by atoms with Gasteiger partial charge in [-0.3, -0.25) is 14.5 Å². The molecule has 2 aromatic rings. The largest absolute Gasteiger partial charge is 0.345 e. The predicted octanol–water partition coefficient (Wildman–Crippen LogP) is 3.13. The molecule has 1 aromatic heterocycles. The van der Waals surface area contributed by atoms with Gasteiger partial charge in [-0.2, -0.15) is 0 Å². The fraction of sp³-hybridized carbons (Fsp3) is 0.524. The quantitative estimate of drug-likeness (QED) is 0.750. The second-order valence-electron chi connectivity index (χ2n) is 7.92. The second kappa shape index (κ2) is 8.39. The number of hydrogen-bond acceptors (Lipinski definition) is 5. The zero-order valence-electron chi connectivity index (χ0n) is 16.2. The fourth-order valence-electron chi connectivity index (χ4n) is 4.24. The molecule has 1 saturated heterocycles. The van der Waals surface area contributed by atoms with Crippen molar-refractivity contribution in [2.75, 3.05) is 25.0 Å². The Bertz CT molecular complexity index is 832. The van der Waals surface area contributed by atoms with Crippen LogP contribution in [0.4, 0.5) is 5.13 Å². The summed E-state index contributed by atoms with van der Waals surface area (Å²) < 4.78 is 0. The van der Waals surface area contributed by atoms with Gasteiger partial charge in [0, 0.05) is 33.0 Å². The second-order valence-corrected chi connectivity index (χ2v) is 8.96. The first-order valence-electron chi connectivity index (χ1n) is 10.0. The summed E-state index contributed by atoms with van der Waals surface area (Å²) in [6.45, 7) is 1.22. The average molecular weight is 399 g/mol. The van der Waals surface area contributed by atoms with Gasteiger partial charge in [-0.1, -0.05) is 54.5 Å². The van der Waals surface area contributed by atoms with E-state index >= 15 is 0 Å². The number of anilines is 1. The van der Waals surface area contributed by atoms with Crippen molar-refractivity contribution < 1.29 is 9.59 Å². The van der Waals surface area contributed by atoms with E-state index in [0.29, 0.717) is 24.0 Å². The van der Waals surface area contributed by atoms with E-state index in [1.807, 2.05) is 30.1 Å². The van der Waals surface area contributed by atoms with Gasteiger partial charge in [0.1, 0.15) is 5.01 Å². The maximum atomic E-state index is 12.8. The summed E-state index contributed by atoms with van der Waals surface area (Å²) in [6.07, 6.45) is 5.93. The topological polar surface area (TPSA) is 66.4 Å². The molecule has 7 heteroatoms. The molecule has 2 amide bonds. The van der Waals surface area contributed by atoms with Crippen LogP contribution in [0, 0.1) is 11.8 Å². The molecule has 2 fully saturated rings. The summed E-state index contributed by atoms with van der Waals surface area (Å²) in [5.74, 6) is 0.387. The van der Waals surface area contributed by atoms with Gasteiger partial charge in [0.2, 0.25) is 16.9 Å². The van der Waals surface area contributed by atoms with Crippen LogP contribution in [-0.2, 0) is 16.0 Å². The van der Waals surface area contributed by atoms with Crippen molar-refractivity contribution in [3.8, 4) is 0 Å². The number of rotatable bonds is 6. The maximum absolute atomic E-state index is 12.8. The molecule has 1 aliphatic heterocycles. The third-order valence-corrected chi connectivity index (χ3v) is 6.69. The van der Waals surface area contributed by atoms with Crippen LogP contribution in [-0.4, -0.2) is 47.0 Å². The monoisotopic (exact) mass is 398 g/mol. The van der Waals surface area contributed by atoms with Crippen LogP contribution in [0.25, 0.3) is 0 Å². The van der Waals surface area contributed by atoms with E-state index in [0.717, 1.165) is 11.6 Å². The van der Waals surface area contributed by atoms with Gasteiger partial charge in [0.05, 0.1) is 5.92 Å². The molecule has 148 valence electrons. The molecule has 1 saturated carbocycles. The number of hydrogen-bond donors (Lipinski definition) is 0. The zero-order valence-corrected chi connectivity index (χ0v) is 17.0. The third kappa shape index (κ3) is 4.24. The lowest BCUT2D eigenvalue weighted by Crippen LogP contribution is -2.37. The van der Waals surface area contributed by atoms with Crippen molar-refractivity contribution in [1.82, 2.24) is 15.1 Å². The molecule has 0 bridgehead atoms. The van der Waals surface area contributed by atoms with Crippen molar-refractivity contribution >= 4 is 28.3 Å². The molecule has 28 heavy (non-hydrogen) atoms. The highest BCUT2D eigenvalue weighted by molar-refractivity contribution is 7.15. The molecule has 1 atom stereocenters. The van der Waals surface area contributed by atoms with Crippen molar-refractivity contribution in [2.24, 2.45) is 11.8 Å². The molecule has 2 heterocycles. The lowest BCUT2D eigenvalue weighted by atomic mass is 10.0. The van der Waals surface area contributed by atoms with Gasteiger partial charge in [-0.15, -0.1) is 10.2 Å². The normalized spacial score (nSPS) is 20.1. The Morgan fingerprint density at radius 1 is 1.21 bits per heavy atom. The highest BCUT2D eigenvalue weighted by Gasteiger charge is 2.38. The van der Waals surface area contributed by atoms with E-state index in [1.54, 1.807) is 4.90 Å².